The normalized spacial score (nSPS) is 29.0. The second-order valence-electron chi connectivity index (χ2n) is 4.24. The van der Waals surface area contributed by atoms with Crippen molar-refractivity contribution in [2.75, 3.05) is 18.1 Å². The lowest BCUT2D eigenvalue weighted by atomic mass is 10.1. The predicted octanol–water partition coefficient (Wildman–Crippen LogP) is 3.18. The van der Waals surface area contributed by atoms with Crippen LogP contribution in [0.15, 0.2) is 24.3 Å². The van der Waals surface area contributed by atoms with Crippen molar-refractivity contribution in [3.05, 3.63) is 29.8 Å². The molecule has 0 N–H and O–H groups in total. The van der Waals surface area contributed by atoms with Gasteiger partial charge in [-0.15, -0.1) is 0 Å². The van der Waals surface area contributed by atoms with E-state index in [1.54, 1.807) is 7.11 Å². The van der Waals surface area contributed by atoms with Gasteiger partial charge in [-0.25, -0.2) is 0 Å². The molecule has 0 spiro atoms. The smallest absolute Gasteiger partial charge is 0.184 e. The van der Waals surface area contributed by atoms with Crippen LogP contribution in [-0.2, 0) is 9.47 Å². The molecular formula is C13H17IO3. The molecule has 1 aliphatic heterocycles. The van der Waals surface area contributed by atoms with Gasteiger partial charge in [0, 0.05) is 15.9 Å². The molecule has 0 aliphatic carbocycles. The maximum Gasteiger partial charge on any atom is 0.184 e. The van der Waals surface area contributed by atoms with E-state index in [1.807, 2.05) is 24.3 Å². The Kier molecular flexibility index (Phi) is 4.64. The molecule has 1 fully saturated rings. The average molecular weight is 348 g/mol. The fourth-order valence-electron chi connectivity index (χ4n) is 1.80. The number of hydrogen-bond acceptors (Lipinski definition) is 3. The number of alkyl halides is 1. The van der Waals surface area contributed by atoms with Crippen LogP contribution in [0.5, 0.6) is 5.75 Å². The Morgan fingerprint density at radius 3 is 2.65 bits per heavy atom. The lowest BCUT2D eigenvalue weighted by Gasteiger charge is -2.34. The van der Waals surface area contributed by atoms with Gasteiger partial charge in [0.25, 0.3) is 0 Å². The van der Waals surface area contributed by atoms with Crippen LogP contribution in [0.1, 0.15) is 18.8 Å². The van der Waals surface area contributed by atoms with Crippen molar-refractivity contribution in [2.24, 2.45) is 5.92 Å². The van der Waals surface area contributed by atoms with E-state index < -0.39 is 0 Å². The standard InChI is InChI=1S/C13H17IO3/c1-9-8-16-13(17-12(9)7-14)10-3-5-11(15-2)6-4-10/h3-6,9,12-13H,7-8H2,1-2H3/t9-,12+,13-/m0/s1. The Morgan fingerprint density at radius 2 is 2.06 bits per heavy atom. The number of rotatable bonds is 3. The van der Waals surface area contributed by atoms with Gasteiger partial charge in [-0.2, -0.15) is 0 Å². The van der Waals surface area contributed by atoms with E-state index in [0.717, 1.165) is 22.3 Å². The zero-order valence-corrected chi connectivity index (χ0v) is 12.2. The lowest BCUT2D eigenvalue weighted by Crippen LogP contribution is -2.35. The minimum atomic E-state index is -0.239. The molecule has 0 saturated carbocycles. The van der Waals surface area contributed by atoms with Crippen LogP contribution in [0.4, 0.5) is 0 Å². The van der Waals surface area contributed by atoms with Gasteiger partial charge in [0.15, 0.2) is 6.29 Å². The summed E-state index contributed by atoms with van der Waals surface area (Å²) < 4.78 is 17.8. The summed E-state index contributed by atoms with van der Waals surface area (Å²) in [5.41, 5.74) is 1.05. The highest BCUT2D eigenvalue weighted by molar-refractivity contribution is 14.1. The van der Waals surface area contributed by atoms with Crippen LogP contribution < -0.4 is 4.74 Å². The van der Waals surface area contributed by atoms with Gasteiger partial charge in [-0.1, -0.05) is 41.6 Å². The van der Waals surface area contributed by atoms with Crippen molar-refractivity contribution in [1.29, 1.82) is 0 Å². The molecule has 0 aromatic heterocycles. The van der Waals surface area contributed by atoms with Gasteiger partial charge in [0.05, 0.1) is 19.8 Å². The third kappa shape index (κ3) is 3.11. The Labute approximate surface area is 116 Å². The van der Waals surface area contributed by atoms with E-state index in [-0.39, 0.29) is 12.4 Å². The molecule has 1 aliphatic rings. The molecule has 1 heterocycles. The van der Waals surface area contributed by atoms with E-state index in [9.17, 15) is 0 Å². The van der Waals surface area contributed by atoms with Crippen LogP contribution >= 0.6 is 22.6 Å². The van der Waals surface area contributed by atoms with Gasteiger partial charge in [0.2, 0.25) is 0 Å². The van der Waals surface area contributed by atoms with Crippen molar-refractivity contribution in [3.8, 4) is 5.75 Å². The summed E-state index contributed by atoms with van der Waals surface area (Å²) in [6, 6.07) is 7.84. The molecule has 0 bridgehead atoms. The first-order valence-electron chi connectivity index (χ1n) is 5.71. The summed E-state index contributed by atoms with van der Waals surface area (Å²) in [5.74, 6) is 1.31. The van der Waals surface area contributed by atoms with Crippen LogP contribution in [0, 0.1) is 5.92 Å². The molecule has 0 amide bonds. The van der Waals surface area contributed by atoms with Crippen LogP contribution in [0.25, 0.3) is 0 Å². The molecule has 94 valence electrons. The molecule has 1 saturated heterocycles. The molecular weight excluding hydrogens is 331 g/mol. The van der Waals surface area contributed by atoms with Gasteiger partial charge in [-0.3, -0.25) is 0 Å². The highest BCUT2D eigenvalue weighted by Gasteiger charge is 2.29. The minimum Gasteiger partial charge on any atom is -0.497 e. The summed E-state index contributed by atoms with van der Waals surface area (Å²) in [6.45, 7) is 2.91. The second-order valence-corrected chi connectivity index (χ2v) is 5.13. The number of methoxy groups -OCH3 is 1. The third-order valence-corrected chi connectivity index (χ3v) is 3.85. The summed E-state index contributed by atoms with van der Waals surface area (Å²) in [4.78, 5) is 0. The summed E-state index contributed by atoms with van der Waals surface area (Å²) >= 11 is 2.36. The van der Waals surface area contributed by atoms with Gasteiger partial charge in [0.1, 0.15) is 5.75 Å². The van der Waals surface area contributed by atoms with Crippen LogP contribution in [0.3, 0.4) is 0 Å². The Bertz CT molecular complexity index is 352. The molecule has 1 aromatic carbocycles. The minimum absolute atomic E-state index is 0.239. The summed E-state index contributed by atoms with van der Waals surface area (Å²) in [5, 5.41) is 0. The molecule has 2 rings (SSSR count). The summed E-state index contributed by atoms with van der Waals surface area (Å²) in [7, 11) is 1.66. The maximum atomic E-state index is 5.94. The number of ether oxygens (including phenoxy) is 3. The number of hydrogen-bond donors (Lipinski definition) is 0. The second kappa shape index (κ2) is 6.02. The SMILES string of the molecule is COc1ccc([C@H]2OC[C@H](C)[C@@H](CI)O2)cc1. The monoisotopic (exact) mass is 348 g/mol. The molecule has 4 heteroatoms. The zero-order valence-electron chi connectivity index (χ0n) is 10.1. The fraction of sp³-hybridized carbons (Fsp3) is 0.538. The van der Waals surface area contributed by atoms with Gasteiger partial charge in [-0.05, 0) is 12.1 Å². The first kappa shape index (κ1) is 13.1. The van der Waals surface area contributed by atoms with Gasteiger partial charge < -0.3 is 14.2 Å². The van der Waals surface area contributed by atoms with E-state index >= 15 is 0 Å². The largest absolute Gasteiger partial charge is 0.497 e. The Hall–Kier alpha value is -0.330. The quantitative estimate of drug-likeness (QED) is 0.620. The molecule has 0 radical (unpaired) electrons. The predicted molar refractivity (Wildman–Crippen MR) is 74.6 cm³/mol. The third-order valence-electron chi connectivity index (χ3n) is 2.98. The topological polar surface area (TPSA) is 27.7 Å². The highest BCUT2D eigenvalue weighted by atomic mass is 127. The molecule has 17 heavy (non-hydrogen) atoms. The summed E-state index contributed by atoms with van der Waals surface area (Å²) in [6.07, 6.45) is 0.0355. The number of benzene rings is 1. The Balaban J connectivity index is 2.06. The van der Waals surface area contributed by atoms with Crippen molar-refractivity contribution in [1.82, 2.24) is 0 Å². The van der Waals surface area contributed by atoms with Crippen LogP contribution in [-0.4, -0.2) is 24.2 Å². The molecule has 3 atom stereocenters. The van der Waals surface area contributed by atoms with E-state index in [2.05, 4.69) is 29.5 Å². The first-order valence-corrected chi connectivity index (χ1v) is 7.24. The lowest BCUT2D eigenvalue weighted by molar-refractivity contribution is -0.231. The van der Waals surface area contributed by atoms with E-state index in [4.69, 9.17) is 14.2 Å². The molecule has 1 aromatic rings. The van der Waals surface area contributed by atoms with E-state index in [1.165, 1.54) is 0 Å². The van der Waals surface area contributed by atoms with Crippen molar-refractivity contribution >= 4 is 22.6 Å². The number of halogens is 1. The molecule has 3 nitrogen and oxygen atoms in total. The first-order chi connectivity index (χ1) is 8.24. The highest BCUT2D eigenvalue weighted by Crippen LogP contribution is 2.30. The molecule has 0 unspecified atom stereocenters. The van der Waals surface area contributed by atoms with Crippen molar-refractivity contribution in [3.63, 3.8) is 0 Å². The van der Waals surface area contributed by atoms with Crippen LogP contribution in [0.2, 0.25) is 0 Å². The van der Waals surface area contributed by atoms with Gasteiger partial charge >= 0.3 is 0 Å². The Morgan fingerprint density at radius 1 is 1.35 bits per heavy atom. The van der Waals surface area contributed by atoms with E-state index in [0.29, 0.717) is 5.92 Å². The zero-order chi connectivity index (χ0) is 12.3. The average Bonchev–Trinajstić information content (AvgIpc) is 2.39. The maximum absolute atomic E-state index is 5.94. The van der Waals surface area contributed by atoms with Crippen molar-refractivity contribution in [2.45, 2.75) is 19.3 Å². The van der Waals surface area contributed by atoms with Crippen molar-refractivity contribution < 1.29 is 14.2 Å². The fourth-order valence-corrected chi connectivity index (χ4v) is 2.88.